The van der Waals surface area contributed by atoms with Gasteiger partial charge >= 0.3 is 5.97 Å². The molecule has 3 saturated heterocycles. The first-order valence-electron chi connectivity index (χ1n) is 12.3. The molecule has 4 heterocycles. The lowest BCUT2D eigenvalue weighted by atomic mass is 9.73. The van der Waals surface area contributed by atoms with Gasteiger partial charge in [-0.15, -0.1) is 6.58 Å². The number of carbonyl (C=O) groups is 2. The van der Waals surface area contributed by atoms with Crippen LogP contribution in [0.5, 0.6) is 11.5 Å². The van der Waals surface area contributed by atoms with Crippen LogP contribution in [0.2, 0.25) is 0 Å². The monoisotopic (exact) mass is 504 g/mol. The molecule has 0 amide bonds. The summed E-state index contributed by atoms with van der Waals surface area (Å²) in [4.78, 5) is 28.3. The molecule has 194 valence electrons. The second kappa shape index (κ2) is 11.1. The number of fused-ring (bicyclic) bond motifs is 4. The number of aromatic nitrogens is 1. The molecule has 0 saturated carbocycles. The van der Waals surface area contributed by atoms with E-state index in [4.69, 9.17) is 9.84 Å². The van der Waals surface area contributed by atoms with Gasteiger partial charge in [-0.2, -0.15) is 0 Å². The van der Waals surface area contributed by atoms with Gasteiger partial charge in [0.2, 0.25) is 0 Å². The van der Waals surface area contributed by atoms with E-state index in [1.54, 1.807) is 13.3 Å². The first-order valence-corrected chi connectivity index (χ1v) is 12.3. The van der Waals surface area contributed by atoms with Crippen molar-refractivity contribution in [2.24, 2.45) is 11.8 Å². The van der Waals surface area contributed by atoms with Crippen LogP contribution in [0.15, 0.2) is 61.3 Å². The van der Waals surface area contributed by atoms with E-state index < -0.39 is 17.8 Å². The molecule has 8 heteroatoms. The quantitative estimate of drug-likeness (QED) is 0.332. The number of hydrogen-bond acceptors (Lipinski definition) is 7. The normalized spacial score (nSPS) is 23.0. The van der Waals surface area contributed by atoms with Gasteiger partial charge in [-0.05, 0) is 80.1 Å². The average molecular weight is 505 g/mol. The number of carboxylic acids is 1. The number of piperidine rings is 3. The van der Waals surface area contributed by atoms with Crippen LogP contribution in [0.3, 0.4) is 0 Å². The van der Waals surface area contributed by atoms with Gasteiger partial charge in [-0.25, -0.2) is 4.79 Å². The zero-order valence-corrected chi connectivity index (χ0v) is 21.0. The van der Waals surface area contributed by atoms with Crippen molar-refractivity contribution in [2.45, 2.75) is 31.9 Å². The molecule has 37 heavy (non-hydrogen) atoms. The Morgan fingerprint density at radius 1 is 1.22 bits per heavy atom. The number of aliphatic hydroxyl groups excluding tert-OH is 1. The number of phenols is 1. The number of Topliss-reactive ketones (excluding diaryl/α,β-unsaturated/α-hetero) is 1. The number of aliphatic hydroxyl groups is 1. The second-order valence-electron chi connectivity index (χ2n) is 9.54. The smallest absolute Gasteiger partial charge is 0.339 e. The number of rotatable bonds is 6. The van der Waals surface area contributed by atoms with Gasteiger partial charge in [0, 0.05) is 24.2 Å². The molecule has 0 aliphatic carbocycles. The highest BCUT2D eigenvalue weighted by atomic mass is 16.5. The molecule has 6 rings (SSSR count). The van der Waals surface area contributed by atoms with E-state index in [2.05, 4.69) is 22.5 Å². The second-order valence-corrected chi connectivity index (χ2v) is 9.54. The van der Waals surface area contributed by atoms with E-state index in [0.29, 0.717) is 11.8 Å². The SMILES string of the molecule is C=C[C@H]1C[N@]2CC[C@H]1C[C@H]2[C@H](O)c1ccnc2ccc(OC)cc12.CC(=O)c1cccc(C(=O)O)c1O. The molecular formula is C29H32N2O6. The molecule has 3 aromatic rings. The Bertz CT molecular complexity index is 1290. The molecule has 3 fully saturated rings. The molecule has 2 aromatic carbocycles. The highest BCUT2D eigenvalue weighted by molar-refractivity contribution is 6.01. The molecule has 2 bridgehead atoms. The number of aromatic hydroxyl groups is 1. The summed E-state index contributed by atoms with van der Waals surface area (Å²) in [6, 6.07) is 12.0. The summed E-state index contributed by atoms with van der Waals surface area (Å²) in [6.45, 7) is 7.33. The van der Waals surface area contributed by atoms with Gasteiger partial charge < -0.3 is 20.1 Å². The predicted molar refractivity (Wildman–Crippen MR) is 140 cm³/mol. The van der Waals surface area contributed by atoms with Crippen molar-refractivity contribution in [3.05, 3.63) is 78.0 Å². The third kappa shape index (κ3) is 5.35. The maximum atomic E-state index is 11.2. The number of ketones is 1. The summed E-state index contributed by atoms with van der Waals surface area (Å²) in [7, 11) is 1.66. The fourth-order valence-electron chi connectivity index (χ4n) is 5.44. The number of carbonyl (C=O) groups excluding carboxylic acids is 1. The molecule has 1 aromatic heterocycles. The minimum absolute atomic E-state index is 0.0277. The number of aromatic carboxylic acids is 1. The number of nitrogens with zero attached hydrogens (tertiary/aromatic N) is 2. The van der Waals surface area contributed by atoms with Crippen molar-refractivity contribution in [2.75, 3.05) is 20.2 Å². The topological polar surface area (TPSA) is 120 Å². The first-order chi connectivity index (χ1) is 17.7. The average Bonchev–Trinajstić information content (AvgIpc) is 2.92. The summed E-state index contributed by atoms with van der Waals surface area (Å²) >= 11 is 0. The van der Waals surface area contributed by atoms with E-state index >= 15 is 0 Å². The van der Waals surface area contributed by atoms with Gasteiger partial charge in [0.05, 0.1) is 24.3 Å². The van der Waals surface area contributed by atoms with E-state index in [-0.39, 0.29) is 23.0 Å². The van der Waals surface area contributed by atoms with E-state index in [1.807, 2.05) is 24.3 Å². The fourth-order valence-corrected chi connectivity index (χ4v) is 5.44. The van der Waals surface area contributed by atoms with Crippen LogP contribution in [0.4, 0.5) is 0 Å². The Labute approximate surface area is 215 Å². The molecule has 5 atom stereocenters. The Morgan fingerprint density at radius 2 is 1.97 bits per heavy atom. The maximum Gasteiger partial charge on any atom is 0.339 e. The minimum atomic E-state index is -1.25. The van der Waals surface area contributed by atoms with Crippen molar-refractivity contribution in [1.29, 1.82) is 0 Å². The standard InChI is InChI=1S/C20H24N2O2.C9H8O4/c1-3-13-12-22-9-7-14(13)10-19(22)20(23)16-6-8-21-18-5-4-15(24-2)11-17(16)18;1-5(10)6-3-2-4-7(8(6)11)9(12)13/h3-6,8,11,13-14,19-20,23H,1,7,9-10,12H2,2H3;2-4,11H,1H3,(H,12,13)/t13-,14-,19-,20+;/m0./s1. The lowest BCUT2D eigenvalue weighted by Gasteiger charge is -2.50. The molecule has 3 N–H and O–H groups in total. The first kappa shape index (κ1) is 26.3. The van der Waals surface area contributed by atoms with Gasteiger partial charge in [0.15, 0.2) is 5.78 Å². The van der Waals surface area contributed by atoms with Gasteiger partial charge in [-0.1, -0.05) is 12.1 Å². The van der Waals surface area contributed by atoms with Crippen LogP contribution >= 0.6 is 0 Å². The molecule has 3 aliphatic rings. The molecule has 0 spiro atoms. The van der Waals surface area contributed by atoms with Crippen molar-refractivity contribution in [1.82, 2.24) is 9.88 Å². The van der Waals surface area contributed by atoms with Crippen LogP contribution in [0, 0.1) is 11.8 Å². The number of ether oxygens (including phenoxy) is 1. The van der Waals surface area contributed by atoms with Crippen LogP contribution in [-0.4, -0.2) is 63.2 Å². The fraction of sp³-hybridized carbons (Fsp3) is 0.345. The van der Waals surface area contributed by atoms with Gasteiger partial charge in [0.1, 0.15) is 17.1 Å². The number of carboxylic acid groups (broad SMARTS) is 1. The van der Waals surface area contributed by atoms with Crippen molar-refractivity contribution in [3.8, 4) is 11.5 Å². The Kier molecular flexibility index (Phi) is 7.90. The number of pyridine rings is 1. The lowest BCUT2D eigenvalue weighted by Crippen LogP contribution is -2.54. The number of hydrogen-bond donors (Lipinski definition) is 3. The number of benzene rings is 2. The third-order valence-corrected chi connectivity index (χ3v) is 7.47. The number of methoxy groups -OCH3 is 1. The Morgan fingerprint density at radius 3 is 2.59 bits per heavy atom. The van der Waals surface area contributed by atoms with Crippen molar-refractivity contribution < 1.29 is 29.6 Å². The zero-order chi connectivity index (χ0) is 26.7. The van der Waals surface area contributed by atoms with Crippen molar-refractivity contribution in [3.63, 3.8) is 0 Å². The van der Waals surface area contributed by atoms with E-state index in [0.717, 1.165) is 41.7 Å². The highest BCUT2D eigenvalue weighted by Crippen LogP contribution is 2.42. The molecule has 0 unspecified atom stereocenters. The summed E-state index contributed by atoms with van der Waals surface area (Å²) in [6.07, 6.45) is 5.62. The molecule has 8 nitrogen and oxygen atoms in total. The number of para-hydroxylation sites is 1. The molecular weight excluding hydrogens is 472 g/mol. The van der Waals surface area contributed by atoms with E-state index in [1.165, 1.54) is 31.5 Å². The van der Waals surface area contributed by atoms with Crippen LogP contribution in [-0.2, 0) is 0 Å². The minimum Gasteiger partial charge on any atom is -0.506 e. The molecule has 3 aliphatic heterocycles. The van der Waals surface area contributed by atoms with Crippen LogP contribution in [0.25, 0.3) is 10.9 Å². The van der Waals surface area contributed by atoms with Gasteiger partial charge in [0.25, 0.3) is 0 Å². The third-order valence-electron chi connectivity index (χ3n) is 7.47. The summed E-state index contributed by atoms with van der Waals surface area (Å²) in [5.74, 6) is -0.0730. The Hall–Kier alpha value is -3.75. The van der Waals surface area contributed by atoms with Crippen LogP contribution < -0.4 is 4.74 Å². The maximum absolute atomic E-state index is 11.2. The summed E-state index contributed by atoms with van der Waals surface area (Å²) < 4.78 is 5.35. The highest BCUT2D eigenvalue weighted by Gasteiger charge is 2.42. The van der Waals surface area contributed by atoms with E-state index in [9.17, 15) is 19.8 Å². The summed E-state index contributed by atoms with van der Waals surface area (Å²) in [5, 5.41) is 30.1. The Balaban J connectivity index is 0.000000209. The predicted octanol–water partition coefficient (Wildman–Crippen LogP) is 4.47. The van der Waals surface area contributed by atoms with Crippen molar-refractivity contribution >= 4 is 22.7 Å². The lowest BCUT2D eigenvalue weighted by molar-refractivity contribution is -0.0444. The van der Waals surface area contributed by atoms with Gasteiger partial charge in [-0.3, -0.25) is 14.7 Å². The molecule has 0 radical (unpaired) electrons. The van der Waals surface area contributed by atoms with Crippen LogP contribution in [0.1, 0.15) is 52.1 Å². The summed E-state index contributed by atoms with van der Waals surface area (Å²) in [5.41, 5.74) is 1.62. The zero-order valence-electron chi connectivity index (χ0n) is 21.0. The largest absolute Gasteiger partial charge is 0.506 e.